The predicted molar refractivity (Wildman–Crippen MR) is 114 cm³/mol. The second-order valence-electron chi connectivity index (χ2n) is 7.36. The molecule has 0 unspecified atom stereocenters. The van der Waals surface area contributed by atoms with Gasteiger partial charge in [-0.15, -0.1) is 0 Å². The monoisotopic (exact) mass is 373 g/mol. The Hall–Kier alpha value is -2.65. The molecule has 1 aromatic heterocycles. The fraction of sp³-hybridized carbons (Fsp3) is 0.320. The fourth-order valence-electron chi connectivity index (χ4n) is 3.25. The molecule has 1 aliphatic rings. The summed E-state index contributed by atoms with van der Waals surface area (Å²) in [5, 5.41) is 1.06. The van der Waals surface area contributed by atoms with Crippen molar-refractivity contribution in [2.45, 2.75) is 45.3 Å². The molecule has 1 heterocycles. The van der Waals surface area contributed by atoms with Crippen molar-refractivity contribution in [1.29, 1.82) is 0 Å². The third kappa shape index (κ3) is 4.79. The van der Waals surface area contributed by atoms with Crippen LogP contribution in [0, 0.1) is 6.92 Å². The van der Waals surface area contributed by atoms with Crippen LogP contribution in [0.5, 0.6) is 5.75 Å². The minimum atomic E-state index is 0.540. The molecule has 0 saturated heterocycles. The molecule has 3 nitrogen and oxygen atoms in total. The normalized spacial score (nSPS) is 14.0. The van der Waals surface area contributed by atoms with Crippen LogP contribution in [0.4, 0.5) is 0 Å². The zero-order valence-electron chi connectivity index (χ0n) is 16.4. The molecule has 1 fully saturated rings. The lowest BCUT2D eigenvalue weighted by molar-refractivity contribution is 0.118. The van der Waals surface area contributed by atoms with Gasteiger partial charge in [0.15, 0.2) is 0 Å². The molecular formula is C25H27NO2. The van der Waals surface area contributed by atoms with E-state index in [0.717, 1.165) is 52.9 Å². The minimum absolute atomic E-state index is 0.540. The minimum Gasteiger partial charge on any atom is -0.488 e. The summed E-state index contributed by atoms with van der Waals surface area (Å²) in [6, 6.07) is 18.5. The van der Waals surface area contributed by atoms with Gasteiger partial charge in [-0.3, -0.25) is 0 Å². The van der Waals surface area contributed by atoms with Gasteiger partial charge in [0.1, 0.15) is 12.4 Å². The van der Waals surface area contributed by atoms with Gasteiger partial charge in [-0.25, -0.2) is 4.98 Å². The maximum atomic E-state index is 6.26. The summed E-state index contributed by atoms with van der Waals surface area (Å²) in [5.41, 5.74) is 4.19. The van der Waals surface area contributed by atoms with E-state index in [4.69, 9.17) is 14.5 Å². The number of para-hydroxylation sites is 1. The van der Waals surface area contributed by atoms with Crippen molar-refractivity contribution in [3.05, 3.63) is 77.5 Å². The van der Waals surface area contributed by atoms with Crippen molar-refractivity contribution in [2.24, 2.45) is 0 Å². The van der Waals surface area contributed by atoms with Crippen LogP contribution in [-0.2, 0) is 11.3 Å². The first-order valence-corrected chi connectivity index (χ1v) is 10.2. The maximum absolute atomic E-state index is 6.26. The van der Waals surface area contributed by atoms with Crippen LogP contribution >= 0.6 is 0 Å². The molecule has 3 aromatic rings. The standard InChI is InChI=1S/C25H27NO2/c1-19-23(13-6-3-9-17-27-21-15-16-21)26-24-14-8-7-12-22(24)25(19)28-18-20-10-4-2-5-11-20/h2,4-8,10-14,21H,3,9,15-18H2,1H3/b13-6+. The Balaban J connectivity index is 1.50. The smallest absolute Gasteiger partial charge is 0.134 e. The average molecular weight is 373 g/mol. The molecule has 1 aliphatic carbocycles. The molecule has 0 atom stereocenters. The molecule has 0 amide bonds. The van der Waals surface area contributed by atoms with Gasteiger partial charge in [0.2, 0.25) is 0 Å². The molecule has 0 spiro atoms. The summed E-state index contributed by atoms with van der Waals surface area (Å²) in [7, 11) is 0. The largest absolute Gasteiger partial charge is 0.488 e. The number of unbranched alkanes of at least 4 members (excludes halogenated alkanes) is 1. The van der Waals surface area contributed by atoms with Crippen LogP contribution in [-0.4, -0.2) is 17.7 Å². The van der Waals surface area contributed by atoms with Gasteiger partial charge in [0.05, 0.1) is 17.3 Å². The lowest BCUT2D eigenvalue weighted by Gasteiger charge is -2.14. The van der Waals surface area contributed by atoms with Gasteiger partial charge in [-0.05, 0) is 56.4 Å². The van der Waals surface area contributed by atoms with E-state index in [2.05, 4.69) is 37.3 Å². The zero-order valence-corrected chi connectivity index (χ0v) is 16.4. The number of rotatable bonds is 9. The van der Waals surface area contributed by atoms with Crippen molar-refractivity contribution >= 4 is 17.0 Å². The van der Waals surface area contributed by atoms with Crippen molar-refractivity contribution in [1.82, 2.24) is 4.98 Å². The Morgan fingerprint density at radius 1 is 1.04 bits per heavy atom. The van der Waals surface area contributed by atoms with Gasteiger partial charge in [0.25, 0.3) is 0 Å². The van der Waals surface area contributed by atoms with E-state index in [0.29, 0.717) is 12.7 Å². The number of allylic oxidation sites excluding steroid dienone is 1. The lowest BCUT2D eigenvalue weighted by atomic mass is 10.1. The zero-order chi connectivity index (χ0) is 19.2. The van der Waals surface area contributed by atoms with Gasteiger partial charge < -0.3 is 9.47 Å². The maximum Gasteiger partial charge on any atom is 0.134 e. The summed E-state index contributed by atoms with van der Waals surface area (Å²) in [5.74, 6) is 0.922. The molecular weight excluding hydrogens is 346 g/mol. The molecule has 2 aromatic carbocycles. The molecule has 1 saturated carbocycles. The molecule has 144 valence electrons. The second-order valence-corrected chi connectivity index (χ2v) is 7.36. The van der Waals surface area contributed by atoms with Crippen molar-refractivity contribution < 1.29 is 9.47 Å². The highest BCUT2D eigenvalue weighted by molar-refractivity contribution is 5.88. The summed E-state index contributed by atoms with van der Waals surface area (Å²) in [4.78, 5) is 4.85. The third-order valence-corrected chi connectivity index (χ3v) is 5.01. The van der Waals surface area contributed by atoms with Crippen LogP contribution in [0.2, 0.25) is 0 Å². The Morgan fingerprint density at radius 3 is 2.64 bits per heavy atom. The highest BCUT2D eigenvalue weighted by Gasteiger charge is 2.21. The predicted octanol–water partition coefficient (Wildman–Crippen LogP) is 6.09. The second kappa shape index (κ2) is 9.03. The van der Waals surface area contributed by atoms with E-state index in [1.807, 2.05) is 36.4 Å². The van der Waals surface area contributed by atoms with Crippen LogP contribution in [0.15, 0.2) is 60.7 Å². The molecule has 4 rings (SSSR count). The van der Waals surface area contributed by atoms with Crippen LogP contribution in [0.1, 0.15) is 42.5 Å². The number of aromatic nitrogens is 1. The number of hydrogen-bond acceptors (Lipinski definition) is 3. The highest BCUT2D eigenvalue weighted by atomic mass is 16.5. The van der Waals surface area contributed by atoms with Crippen molar-refractivity contribution in [2.75, 3.05) is 6.61 Å². The molecule has 0 bridgehead atoms. The van der Waals surface area contributed by atoms with Crippen molar-refractivity contribution in [3.8, 4) is 5.75 Å². The topological polar surface area (TPSA) is 31.4 Å². The van der Waals surface area contributed by atoms with E-state index in [9.17, 15) is 0 Å². The first-order valence-electron chi connectivity index (χ1n) is 10.2. The van der Waals surface area contributed by atoms with E-state index < -0.39 is 0 Å². The molecule has 0 radical (unpaired) electrons. The summed E-state index contributed by atoms with van der Waals surface area (Å²) in [6.07, 6.45) is 9.38. The highest BCUT2D eigenvalue weighted by Crippen LogP contribution is 2.31. The summed E-state index contributed by atoms with van der Waals surface area (Å²) >= 11 is 0. The van der Waals surface area contributed by atoms with Gasteiger partial charge in [-0.2, -0.15) is 0 Å². The van der Waals surface area contributed by atoms with E-state index in [1.165, 1.54) is 12.8 Å². The number of ether oxygens (including phenoxy) is 2. The Morgan fingerprint density at radius 2 is 1.82 bits per heavy atom. The number of hydrogen-bond donors (Lipinski definition) is 0. The van der Waals surface area contributed by atoms with E-state index >= 15 is 0 Å². The van der Waals surface area contributed by atoms with Gasteiger partial charge in [0, 0.05) is 17.6 Å². The quantitative estimate of drug-likeness (QED) is 0.425. The van der Waals surface area contributed by atoms with E-state index in [-0.39, 0.29) is 0 Å². The van der Waals surface area contributed by atoms with Crippen LogP contribution < -0.4 is 4.74 Å². The lowest BCUT2D eigenvalue weighted by Crippen LogP contribution is -2.01. The number of fused-ring (bicyclic) bond motifs is 1. The Kier molecular flexibility index (Phi) is 6.03. The first kappa shape index (κ1) is 18.7. The SMILES string of the molecule is Cc1c(/C=C/CCCOC2CC2)nc2ccccc2c1OCc1ccccc1. The van der Waals surface area contributed by atoms with Gasteiger partial charge in [-0.1, -0.05) is 48.5 Å². The molecule has 0 aliphatic heterocycles. The number of pyridine rings is 1. The first-order chi connectivity index (χ1) is 13.8. The summed E-state index contributed by atoms with van der Waals surface area (Å²) in [6.45, 7) is 3.50. The van der Waals surface area contributed by atoms with Crippen LogP contribution in [0.3, 0.4) is 0 Å². The van der Waals surface area contributed by atoms with Crippen LogP contribution in [0.25, 0.3) is 17.0 Å². The summed E-state index contributed by atoms with van der Waals surface area (Å²) < 4.78 is 12.0. The average Bonchev–Trinajstić information content (AvgIpc) is 3.55. The Bertz CT molecular complexity index is 945. The fourth-order valence-corrected chi connectivity index (χ4v) is 3.25. The number of nitrogens with zero attached hydrogens (tertiary/aromatic N) is 1. The number of benzene rings is 2. The molecule has 0 N–H and O–H groups in total. The molecule has 28 heavy (non-hydrogen) atoms. The molecule has 3 heteroatoms. The van der Waals surface area contributed by atoms with E-state index in [1.54, 1.807) is 0 Å². The third-order valence-electron chi connectivity index (χ3n) is 5.01. The van der Waals surface area contributed by atoms with Crippen molar-refractivity contribution in [3.63, 3.8) is 0 Å². The van der Waals surface area contributed by atoms with Gasteiger partial charge >= 0.3 is 0 Å². The Labute approximate surface area is 167 Å².